The second kappa shape index (κ2) is 8.66. The highest BCUT2D eigenvalue weighted by Gasteiger charge is 2.37. The van der Waals surface area contributed by atoms with Gasteiger partial charge in [0.15, 0.2) is 0 Å². The molecule has 0 saturated heterocycles. The number of anilines is 1. The summed E-state index contributed by atoms with van der Waals surface area (Å²) in [5, 5.41) is 2.66. The van der Waals surface area contributed by atoms with E-state index in [2.05, 4.69) is 10.3 Å². The zero-order chi connectivity index (χ0) is 15.7. The van der Waals surface area contributed by atoms with Gasteiger partial charge in [-0.25, -0.2) is 0 Å². The standard InChI is InChI=1S/C13H15F3N2O2S/c14-13(15,16)11(19)9-21-7-2-1-5-12(20)18-10-4-3-6-17-8-10/h3-4,6,8H,1-2,5,7,9H2,(H,18,20). The van der Waals surface area contributed by atoms with Crippen molar-refractivity contribution in [2.45, 2.75) is 25.4 Å². The van der Waals surface area contributed by atoms with Crippen molar-refractivity contribution < 1.29 is 22.8 Å². The van der Waals surface area contributed by atoms with Crippen LogP contribution >= 0.6 is 11.8 Å². The van der Waals surface area contributed by atoms with Crippen LogP contribution in [0.25, 0.3) is 0 Å². The Morgan fingerprint density at radius 3 is 2.67 bits per heavy atom. The summed E-state index contributed by atoms with van der Waals surface area (Å²) in [7, 11) is 0. The van der Waals surface area contributed by atoms with Crippen LogP contribution in [0, 0.1) is 0 Å². The van der Waals surface area contributed by atoms with Crippen LogP contribution in [0.4, 0.5) is 18.9 Å². The van der Waals surface area contributed by atoms with Crippen molar-refractivity contribution in [3.05, 3.63) is 24.5 Å². The van der Waals surface area contributed by atoms with Gasteiger partial charge in [0.1, 0.15) is 0 Å². The average Bonchev–Trinajstić information content (AvgIpc) is 2.42. The van der Waals surface area contributed by atoms with Gasteiger partial charge < -0.3 is 5.32 Å². The molecule has 0 saturated carbocycles. The van der Waals surface area contributed by atoms with Crippen LogP contribution in [0.5, 0.6) is 0 Å². The Morgan fingerprint density at radius 1 is 1.29 bits per heavy atom. The molecule has 0 spiro atoms. The normalized spacial score (nSPS) is 11.2. The highest BCUT2D eigenvalue weighted by Crippen LogP contribution is 2.19. The Bertz CT molecular complexity index is 466. The van der Waals surface area contributed by atoms with Gasteiger partial charge in [0.25, 0.3) is 0 Å². The maximum absolute atomic E-state index is 11.9. The molecule has 0 radical (unpaired) electrons. The van der Waals surface area contributed by atoms with Crippen LogP contribution in [0.15, 0.2) is 24.5 Å². The summed E-state index contributed by atoms with van der Waals surface area (Å²) >= 11 is 0.933. The summed E-state index contributed by atoms with van der Waals surface area (Å²) in [5.74, 6) is -2.03. The lowest BCUT2D eigenvalue weighted by atomic mass is 10.2. The Balaban J connectivity index is 2.07. The van der Waals surface area contributed by atoms with Gasteiger partial charge in [-0.1, -0.05) is 0 Å². The van der Waals surface area contributed by atoms with Crippen molar-refractivity contribution in [3.63, 3.8) is 0 Å². The van der Waals surface area contributed by atoms with Gasteiger partial charge in [-0.2, -0.15) is 24.9 Å². The molecule has 0 atom stereocenters. The van der Waals surface area contributed by atoms with E-state index in [1.807, 2.05) is 0 Å². The monoisotopic (exact) mass is 320 g/mol. The first-order valence-electron chi connectivity index (χ1n) is 6.27. The number of hydrogen-bond donors (Lipinski definition) is 1. The molecular weight excluding hydrogens is 305 g/mol. The second-order valence-corrected chi connectivity index (χ2v) is 5.33. The van der Waals surface area contributed by atoms with Crippen molar-refractivity contribution in [2.75, 3.05) is 16.8 Å². The molecule has 1 N–H and O–H groups in total. The van der Waals surface area contributed by atoms with Gasteiger partial charge >= 0.3 is 6.18 Å². The Labute approximate surface area is 124 Å². The Hall–Kier alpha value is -1.57. The lowest BCUT2D eigenvalue weighted by molar-refractivity contribution is -0.167. The maximum Gasteiger partial charge on any atom is 0.450 e. The summed E-state index contributed by atoms with van der Waals surface area (Å²) in [6.45, 7) is 0. The molecule has 4 nitrogen and oxygen atoms in total. The summed E-state index contributed by atoms with van der Waals surface area (Å²) in [6.07, 6.45) is -0.222. The topological polar surface area (TPSA) is 59.1 Å². The number of ketones is 1. The van der Waals surface area contributed by atoms with Crippen LogP contribution in [-0.4, -0.2) is 34.4 Å². The molecule has 21 heavy (non-hydrogen) atoms. The Kier molecular flexibility index (Phi) is 7.21. The quantitative estimate of drug-likeness (QED) is 0.748. The van der Waals surface area contributed by atoms with Crippen LogP contribution in [0.3, 0.4) is 0 Å². The Morgan fingerprint density at radius 2 is 2.05 bits per heavy atom. The SMILES string of the molecule is O=C(CCCCSCC(=O)C(F)(F)F)Nc1cccnc1. The zero-order valence-electron chi connectivity index (χ0n) is 11.2. The van der Waals surface area contributed by atoms with Crippen molar-refractivity contribution in [2.24, 2.45) is 0 Å². The summed E-state index contributed by atoms with van der Waals surface area (Å²) in [4.78, 5) is 26.0. The number of thioether (sulfide) groups is 1. The van der Waals surface area contributed by atoms with Crippen molar-refractivity contribution in [1.29, 1.82) is 0 Å². The molecule has 8 heteroatoms. The number of Topliss-reactive ketones (excluding diaryl/α,β-unsaturated/α-hetero) is 1. The van der Waals surface area contributed by atoms with Gasteiger partial charge in [0.05, 0.1) is 17.6 Å². The summed E-state index contributed by atoms with van der Waals surface area (Å²) in [5.41, 5.74) is 0.604. The zero-order valence-corrected chi connectivity index (χ0v) is 12.0. The van der Waals surface area contributed by atoms with Crippen LogP contribution in [0.2, 0.25) is 0 Å². The minimum Gasteiger partial charge on any atom is -0.325 e. The fourth-order valence-corrected chi connectivity index (χ4v) is 2.30. The molecule has 0 bridgehead atoms. The fourth-order valence-electron chi connectivity index (χ4n) is 1.40. The van der Waals surface area contributed by atoms with Crippen molar-refractivity contribution in [1.82, 2.24) is 4.98 Å². The third kappa shape index (κ3) is 7.69. The van der Waals surface area contributed by atoms with Crippen molar-refractivity contribution >= 4 is 29.1 Å². The molecule has 0 aliphatic heterocycles. The van der Waals surface area contributed by atoms with Gasteiger partial charge in [0.2, 0.25) is 11.7 Å². The first-order chi connectivity index (χ1) is 9.89. The molecule has 0 aliphatic rings. The lowest BCUT2D eigenvalue weighted by Crippen LogP contribution is -2.24. The molecule has 1 aromatic heterocycles. The number of carbonyl (C=O) groups excluding carboxylic acids is 2. The molecule has 0 aliphatic carbocycles. The van der Waals surface area contributed by atoms with E-state index in [1.165, 1.54) is 6.20 Å². The minimum absolute atomic E-state index is 0.167. The number of carbonyl (C=O) groups is 2. The van der Waals surface area contributed by atoms with E-state index in [4.69, 9.17) is 0 Å². The molecule has 0 fully saturated rings. The molecule has 0 unspecified atom stereocenters. The molecule has 1 heterocycles. The number of nitrogens with one attached hydrogen (secondary N) is 1. The fraction of sp³-hybridized carbons (Fsp3) is 0.462. The smallest absolute Gasteiger partial charge is 0.325 e. The number of halogens is 3. The highest BCUT2D eigenvalue weighted by molar-refractivity contribution is 7.99. The van der Waals surface area contributed by atoms with E-state index in [9.17, 15) is 22.8 Å². The number of pyridine rings is 1. The van der Waals surface area contributed by atoms with E-state index in [0.717, 1.165) is 11.8 Å². The highest BCUT2D eigenvalue weighted by atomic mass is 32.2. The number of hydrogen-bond acceptors (Lipinski definition) is 4. The van der Waals surface area contributed by atoms with Gasteiger partial charge in [-0.15, -0.1) is 0 Å². The molecule has 1 rings (SSSR count). The molecule has 116 valence electrons. The van der Waals surface area contributed by atoms with Crippen molar-refractivity contribution in [3.8, 4) is 0 Å². The predicted molar refractivity (Wildman–Crippen MR) is 75.1 cm³/mol. The molecule has 1 amide bonds. The van der Waals surface area contributed by atoms with E-state index < -0.39 is 17.7 Å². The number of unbranched alkanes of at least 4 members (excludes halogenated alkanes) is 1. The average molecular weight is 320 g/mol. The van der Waals surface area contributed by atoms with Gasteiger partial charge in [-0.3, -0.25) is 14.6 Å². The number of alkyl halides is 3. The number of rotatable bonds is 8. The third-order valence-corrected chi connectivity index (χ3v) is 3.48. The number of aromatic nitrogens is 1. The third-order valence-electron chi connectivity index (χ3n) is 2.44. The van der Waals surface area contributed by atoms with Gasteiger partial charge in [0, 0.05) is 12.6 Å². The second-order valence-electron chi connectivity index (χ2n) is 4.22. The van der Waals surface area contributed by atoms with E-state index in [-0.39, 0.29) is 12.3 Å². The van der Waals surface area contributed by atoms with Crippen LogP contribution < -0.4 is 5.32 Å². The number of nitrogens with zero attached hydrogens (tertiary/aromatic N) is 1. The first kappa shape index (κ1) is 17.5. The van der Waals surface area contributed by atoms with E-state index in [0.29, 0.717) is 24.3 Å². The van der Waals surface area contributed by atoms with E-state index in [1.54, 1.807) is 18.3 Å². The summed E-state index contributed by atoms with van der Waals surface area (Å²) in [6, 6.07) is 3.41. The van der Waals surface area contributed by atoms with Gasteiger partial charge in [-0.05, 0) is 30.7 Å². The van der Waals surface area contributed by atoms with Crippen LogP contribution in [-0.2, 0) is 9.59 Å². The number of amides is 1. The predicted octanol–water partition coefficient (Wildman–Crippen LogP) is 3.06. The van der Waals surface area contributed by atoms with Crippen LogP contribution in [0.1, 0.15) is 19.3 Å². The van der Waals surface area contributed by atoms with E-state index >= 15 is 0 Å². The molecule has 0 aromatic carbocycles. The molecular formula is C13H15F3N2O2S. The molecule has 1 aromatic rings. The first-order valence-corrected chi connectivity index (χ1v) is 7.42. The minimum atomic E-state index is -4.75. The summed E-state index contributed by atoms with van der Waals surface area (Å²) < 4.78 is 35.7. The maximum atomic E-state index is 11.9. The lowest BCUT2D eigenvalue weighted by Gasteiger charge is -2.05. The largest absolute Gasteiger partial charge is 0.450 e.